The number of phenols is 2. The molecule has 0 heterocycles. The molecule has 0 bridgehead atoms. The number of alkyl carbamates (subject to hydrolysis) is 1. The summed E-state index contributed by atoms with van der Waals surface area (Å²) in [6.07, 6.45) is -0.842. The summed E-state index contributed by atoms with van der Waals surface area (Å²) in [4.78, 5) is 42.0. The van der Waals surface area contributed by atoms with Crippen LogP contribution < -0.4 is 10.6 Å². The van der Waals surface area contributed by atoms with Crippen molar-refractivity contribution in [2.24, 2.45) is 0 Å². The van der Waals surface area contributed by atoms with Gasteiger partial charge in [-0.25, -0.2) is 4.79 Å². The minimum atomic E-state index is -1.34. The number of carbonyl (C=O) groups excluding carboxylic acids is 3. The van der Waals surface area contributed by atoms with E-state index in [0.29, 0.717) is 11.1 Å². The molecule has 42 heavy (non-hydrogen) atoms. The van der Waals surface area contributed by atoms with Gasteiger partial charge in [-0.3, -0.25) is 9.59 Å². The molecule has 2 atom stereocenters. The lowest BCUT2D eigenvalue weighted by molar-refractivity contribution is -0.143. The van der Waals surface area contributed by atoms with Crippen LogP contribution in [-0.4, -0.2) is 62.9 Å². The Morgan fingerprint density at radius 1 is 0.905 bits per heavy atom. The van der Waals surface area contributed by atoms with Crippen molar-refractivity contribution in [3.05, 3.63) is 95.1 Å². The van der Waals surface area contributed by atoms with Gasteiger partial charge in [-0.1, -0.05) is 60.7 Å². The number of phenolic OH excluding ortho intramolecular Hbond substituents is 2. The zero-order valence-corrected chi connectivity index (χ0v) is 24.3. The molecular formula is C32H39N3O7. The summed E-state index contributed by atoms with van der Waals surface area (Å²) in [5.74, 6) is -1.39. The van der Waals surface area contributed by atoms with Crippen LogP contribution in [0, 0.1) is 6.92 Å². The fraction of sp³-hybridized carbons (Fsp3) is 0.344. The number of nitrogens with one attached hydrogen (secondary N) is 2. The highest BCUT2D eigenvalue weighted by molar-refractivity contribution is 5.92. The van der Waals surface area contributed by atoms with Crippen LogP contribution in [0.25, 0.3) is 0 Å². The van der Waals surface area contributed by atoms with Gasteiger partial charge < -0.3 is 35.6 Å². The number of rotatable bonds is 11. The van der Waals surface area contributed by atoms with Gasteiger partial charge in [0.25, 0.3) is 0 Å². The molecule has 0 aliphatic rings. The van der Waals surface area contributed by atoms with Crippen molar-refractivity contribution in [1.82, 2.24) is 15.5 Å². The van der Waals surface area contributed by atoms with E-state index in [2.05, 4.69) is 10.6 Å². The highest BCUT2D eigenvalue weighted by Gasteiger charge is 2.37. The number of benzene rings is 3. The van der Waals surface area contributed by atoms with E-state index in [-0.39, 0.29) is 36.6 Å². The third kappa shape index (κ3) is 8.97. The molecular weight excluding hydrogens is 538 g/mol. The number of aromatic hydroxyl groups is 2. The first-order valence-electron chi connectivity index (χ1n) is 13.7. The number of carbonyl (C=O) groups is 3. The van der Waals surface area contributed by atoms with E-state index in [1.807, 2.05) is 30.3 Å². The molecule has 0 fully saturated rings. The SMILES string of the molecule is Cc1cccc(C(C(=O)NCc2ccccc2)N(CCO)C(=O)C(Cc2ccc(O)cc2)NC(=O)OC(C)(C)C)c1O. The normalized spacial score (nSPS) is 12.6. The van der Waals surface area contributed by atoms with E-state index in [1.165, 1.54) is 12.1 Å². The fourth-order valence-electron chi connectivity index (χ4n) is 4.43. The third-order valence-electron chi connectivity index (χ3n) is 6.42. The largest absolute Gasteiger partial charge is 0.508 e. The summed E-state index contributed by atoms with van der Waals surface area (Å²) in [5, 5.41) is 36.1. The summed E-state index contributed by atoms with van der Waals surface area (Å²) >= 11 is 0. The lowest BCUT2D eigenvalue weighted by Gasteiger charge is -2.34. The van der Waals surface area contributed by atoms with Gasteiger partial charge >= 0.3 is 6.09 Å². The van der Waals surface area contributed by atoms with Gasteiger partial charge in [-0.2, -0.15) is 0 Å². The summed E-state index contributed by atoms with van der Waals surface area (Å²) in [6, 6.07) is 17.7. The average molecular weight is 578 g/mol. The molecule has 3 rings (SSSR count). The Balaban J connectivity index is 2.03. The first kappa shape index (κ1) is 32.0. The van der Waals surface area contributed by atoms with E-state index in [4.69, 9.17) is 4.74 Å². The number of aliphatic hydroxyl groups is 1. The molecule has 5 N–H and O–H groups in total. The molecule has 2 unspecified atom stereocenters. The van der Waals surface area contributed by atoms with Crippen molar-refractivity contribution in [1.29, 1.82) is 0 Å². The van der Waals surface area contributed by atoms with Crippen molar-refractivity contribution in [2.75, 3.05) is 13.2 Å². The van der Waals surface area contributed by atoms with Crippen LogP contribution in [-0.2, 0) is 27.3 Å². The van der Waals surface area contributed by atoms with Gasteiger partial charge in [0.1, 0.15) is 29.2 Å². The van der Waals surface area contributed by atoms with E-state index in [1.54, 1.807) is 58.0 Å². The van der Waals surface area contributed by atoms with Crippen LogP contribution in [0.5, 0.6) is 11.5 Å². The van der Waals surface area contributed by atoms with Crippen LogP contribution in [0.2, 0.25) is 0 Å². The van der Waals surface area contributed by atoms with Crippen molar-refractivity contribution in [2.45, 2.75) is 58.3 Å². The molecule has 0 spiro atoms. The lowest BCUT2D eigenvalue weighted by Crippen LogP contribution is -2.54. The second kappa shape index (κ2) is 14.4. The minimum Gasteiger partial charge on any atom is -0.508 e. The third-order valence-corrected chi connectivity index (χ3v) is 6.42. The van der Waals surface area contributed by atoms with Gasteiger partial charge in [-0.15, -0.1) is 0 Å². The monoisotopic (exact) mass is 577 g/mol. The van der Waals surface area contributed by atoms with Gasteiger partial charge in [0.2, 0.25) is 11.8 Å². The lowest BCUT2D eigenvalue weighted by atomic mass is 9.98. The minimum absolute atomic E-state index is 0.00155. The molecule has 224 valence electrons. The smallest absolute Gasteiger partial charge is 0.408 e. The van der Waals surface area contributed by atoms with Crippen LogP contribution >= 0.6 is 0 Å². The predicted octanol–water partition coefficient (Wildman–Crippen LogP) is 3.72. The Labute approximate surface area is 245 Å². The molecule has 0 saturated carbocycles. The van der Waals surface area contributed by atoms with E-state index in [0.717, 1.165) is 10.5 Å². The van der Waals surface area contributed by atoms with E-state index in [9.17, 15) is 29.7 Å². The Morgan fingerprint density at radius 2 is 1.57 bits per heavy atom. The van der Waals surface area contributed by atoms with Crippen molar-refractivity contribution < 1.29 is 34.4 Å². The molecule has 0 aliphatic heterocycles. The second-order valence-electron chi connectivity index (χ2n) is 10.9. The Bertz CT molecular complexity index is 1350. The first-order valence-corrected chi connectivity index (χ1v) is 13.7. The molecule has 0 aliphatic carbocycles. The second-order valence-corrected chi connectivity index (χ2v) is 10.9. The van der Waals surface area contributed by atoms with Crippen LogP contribution in [0.3, 0.4) is 0 Å². The fourth-order valence-corrected chi connectivity index (χ4v) is 4.43. The van der Waals surface area contributed by atoms with Gasteiger partial charge in [0, 0.05) is 25.1 Å². The van der Waals surface area contributed by atoms with Gasteiger partial charge in [-0.05, 0) is 56.5 Å². The molecule has 3 aromatic rings. The highest BCUT2D eigenvalue weighted by Crippen LogP contribution is 2.32. The summed E-state index contributed by atoms with van der Waals surface area (Å²) < 4.78 is 5.40. The van der Waals surface area contributed by atoms with Gasteiger partial charge in [0.05, 0.1) is 6.61 Å². The number of amides is 3. The molecule has 3 aromatic carbocycles. The van der Waals surface area contributed by atoms with Crippen LogP contribution in [0.15, 0.2) is 72.8 Å². The van der Waals surface area contributed by atoms with Crippen molar-refractivity contribution >= 4 is 17.9 Å². The Kier molecular flexibility index (Phi) is 10.9. The first-order chi connectivity index (χ1) is 19.9. The molecule has 0 saturated heterocycles. The predicted molar refractivity (Wildman–Crippen MR) is 158 cm³/mol. The number of ether oxygens (including phenoxy) is 1. The Morgan fingerprint density at radius 3 is 2.19 bits per heavy atom. The number of aryl methyl sites for hydroxylation is 1. The topological polar surface area (TPSA) is 148 Å². The molecule has 3 amide bonds. The summed E-state index contributed by atoms with van der Waals surface area (Å²) in [7, 11) is 0. The van der Waals surface area contributed by atoms with E-state index < -0.39 is 42.2 Å². The van der Waals surface area contributed by atoms with E-state index >= 15 is 0 Å². The summed E-state index contributed by atoms with van der Waals surface area (Å²) in [6.45, 7) is 6.15. The number of aliphatic hydroxyl groups excluding tert-OH is 1. The number of para-hydroxylation sites is 1. The maximum absolute atomic E-state index is 14.2. The number of hydrogen-bond acceptors (Lipinski definition) is 7. The average Bonchev–Trinajstić information content (AvgIpc) is 2.93. The van der Waals surface area contributed by atoms with Crippen molar-refractivity contribution in [3.8, 4) is 11.5 Å². The Hall–Kier alpha value is -4.57. The quantitative estimate of drug-likeness (QED) is 0.233. The van der Waals surface area contributed by atoms with Gasteiger partial charge in [0.15, 0.2) is 0 Å². The maximum atomic E-state index is 14.2. The molecule has 10 nitrogen and oxygen atoms in total. The highest BCUT2D eigenvalue weighted by atomic mass is 16.6. The number of nitrogens with zero attached hydrogens (tertiary/aromatic N) is 1. The standard InChI is InChI=1S/C32H39N3O7/c1-21-9-8-12-25(28(21)38)27(29(39)33-20-23-10-6-5-7-11-23)35(17-18-36)30(40)26(34-31(41)42-32(2,3)4)19-22-13-15-24(37)16-14-22/h5-16,26-27,36-38H,17-20H2,1-4H3,(H,33,39)(H,34,41). The van der Waals surface area contributed by atoms with Crippen molar-refractivity contribution in [3.63, 3.8) is 0 Å². The summed E-state index contributed by atoms with van der Waals surface area (Å²) in [5.41, 5.74) is 1.28. The number of hydrogen-bond donors (Lipinski definition) is 5. The maximum Gasteiger partial charge on any atom is 0.408 e. The molecule has 0 radical (unpaired) electrons. The zero-order valence-electron chi connectivity index (χ0n) is 24.3. The van der Waals surface area contributed by atoms with Crippen LogP contribution in [0.1, 0.15) is 49.1 Å². The zero-order chi connectivity index (χ0) is 30.9. The van der Waals surface area contributed by atoms with Crippen LogP contribution in [0.4, 0.5) is 4.79 Å². The molecule has 10 heteroatoms. The molecule has 0 aromatic heterocycles.